The fraction of sp³-hybridized carbons (Fsp3) is 0.391. The zero-order valence-electron chi connectivity index (χ0n) is 17.4. The maximum atomic E-state index is 12.1. The maximum Gasteiger partial charge on any atom is 0.327 e. The number of hydrogen-bond donors (Lipinski definition) is 2. The molecule has 3 amide bonds. The first-order valence-electron chi connectivity index (χ1n) is 10.4. The highest BCUT2D eigenvalue weighted by atomic mass is 16.2. The van der Waals surface area contributed by atoms with E-state index in [1.807, 2.05) is 30.3 Å². The molecule has 0 atom stereocenters. The van der Waals surface area contributed by atoms with Gasteiger partial charge in [-0.1, -0.05) is 37.3 Å². The van der Waals surface area contributed by atoms with Gasteiger partial charge < -0.3 is 10.2 Å². The van der Waals surface area contributed by atoms with Crippen molar-refractivity contribution >= 4 is 23.3 Å². The lowest BCUT2D eigenvalue weighted by Gasteiger charge is -2.17. The Morgan fingerprint density at radius 1 is 1.13 bits per heavy atom. The quantitative estimate of drug-likeness (QED) is 0.489. The minimum atomic E-state index is -0.256. The smallest absolute Gasteiger partial charge is 0.327 e. The van der Waals surface area contributed by atoms with E-state index in [2.05, 4.69) is 23.4 Å². The third-order valence-corrected chi connectivity index (χ3v) is 5.92. The molecule has 7 heteroatoms. The van der Waals surface area contributed by atoms with Crippen LogP contribution in [0, 0.1) is 11.4 Å². The number of likely N-dealkylation sites (N-methyl/N-ethyl adjacent to an activating group) is 1. The molecule has 2 aliphatic rings. The highest BCUT2D eigenvalue weighted by molar-refractivity contribution is 6.01. The Labute approximate surface area is 176 Å². The van der Waals surface area contributed by atoms with Crippen LogP contribution in [0.1, 0.15) is 30.9 Å². The monoisotopic (exact) mass is 405 g/mol. The average Bonchev–Trinajstić information content (AvgIpc) is 3.56. The number of rotatable bonds is 8. The van der Waals surface area contributed by atoms with Crippen molar-refractivity contribution in [2.24, 2.45) is 11.0 Å². The van der Waals surface area contributed by atoms with E-state index in [0.717, 1.165) is 51.7 Å². The normalized spacial score (nSPS) is 16.3. The molecule has 1 aliphatic heterocycles. The zero-order chi connectivity index (χ0) is 21.3. The first-order valence-corrected chi connectivity index (χ1v) is 10.4. The van der Waals surface area contributed by atoms with E-state index in [4.69, 9.17) is 5.53 Å². The minimum absolute atomic E-state index is 0.126. The van der Waals surface area contributed by atoms with Crippen LogP contribution in [-0.4, -0.2) is 41.9 Å². The Morgan fingerprint density at radius 3 is 2.43 bits per heavy atom. The van der Waals surface area contributed by atoms with Crippen LogP contribution in [0.3, 0.4) is 0 Å². The molecule has 0 bridgehead atoms. The number of carbonyl (C=O) groups is 2. The number of hydrogen-bond acceptors (Lipinski definition) is 5. The van der Waals surface area contributed by atoms with Gasteiger partial charge in [0.25, 0.3) is 0 Å². The zero-order valence-corrected chi connectivity index (χ0v) is 17.4. The van der Waals surface area contributed by atoms with Gasteiger partial charge in [-0.3, -0.25) is 9.69 Å². The Balaban J connectivity index is 1.55. The highest BCUT2D eigenvalue weighted by Crippen LogP contribution is 2.38. The fourth-order valence-electron chi connectivity index (χ4n) is 3.90. The van der Waals surface area contributed by atoms with Gasteiger partial charge in [0.15, 0.2) is 0 Å². The van der Waals surface area contributed by atoms with Crippen molar-refractivity contribution < 1.29 is 9.59 Å². The Morgan fingerprint density at radius 2 is 1.87 bits per heavy atom. The topological polar surface area (TPSA) is 88.9 Å². The summed E-state index contributed by atoms with van der Waals surface area (Å²) in [5.74, 6) is 0.574. The van der Waals surface area contributed by atoms with E-state index in [-0.39, 0.29) is 18.5 Å². The van der Waals surface area contributed by atoms with Gasteiger partial charge in [-0.25, -0.2) is 10.3 Å². The molecule has 2 aromatic rings. The number of benzene rings is 2. The second kappa shape index (κ2) is 8.26. The van der Waals surface area contributed by atoms with Gasteiger partial charge in [-0.2, -0.15) is 5.11 Å². The van der Waals surface area contributed by atoms with Crippen molar-refractivity contribution in [3.63, 3.8) is 0 Å². The molecule has 2 fully saturated rings. The minimum Gasteiger partial charge on any atom is -0.383 e. The van der Waals surface area contributed by atoms with Crippen molar-refractivity contribution in [1.82, 2.24) is 9.80 Å². The Bertz CT molecular complexity index is 982. The number of imide groups is 1. The van der Waals surface area contributed by atoms with Crippen molar-refractivity contribution in [3.8, 4) is 11.1 Å². The standard InChI is InChI=1S/C23H27N5O2/c1-3-18-19(10-11-20(22(18)26-24)25-12-15-4-5-15)17-8-6-16(7-9-17)13-28-14-21(29)27(2)23(28)30/h6-11,15,24-25H,3-5,12-14H2,1-2H3. The van der Waals surface area contributed by atoms with E-state index < -0.39 is 0 Å². The van der Waals surface area contributed by atoms with Gasteiger partial charge in [0.1, 0.15) is 12.2 Å². The number of amides is 3. The molecule has 30 heavy (non-hydrogen) atoms. The van der Waals surface area contributed by atoms with Crippen LogP contribution in [-0.2, 0) is 17.8 Å². The molecule has 7 nitrogen and oxygen atoms in total. The first kappa shape index (κ1) is 20.1. The second-order valence-electron chi connectivity index (χ2n) is 8.07. The summed E-state index contributed by atoms with van der Waals surface area (Å²) in [5, 5.41) is 7.30. The lowest BCUT2D eigenvalue weighted by molar-refractivity contribution is -0.124. The predicted molar refractivity (Wildman–Crippen MR) is 116 cm³/mol. The molecule has 1 aliphatic carbocycles. The third kappa shape index (κ3) is 3.92. The molecular weight excluding hydrogens is 378 g/mol. The second-order valence-corrected chi connectivity index (χ2v) is 8.07. The summed E-state index contributed by atoms with van der Waals surface area (Å²) >= 11 is 0. The van der Waals surface area contributed by atoms with Crippen molar-refractivity contribution in [3.05, 3.63) is 47.5 Å². The Kier molecular flexibility index (Phi) is 5.53. The van der Waals surface area contributed by atoms with Crippen LogP contribution >= 0.6 is 0 Å². The van der Waals surface area contributed by atoms with Crippen LogP contribution in [0.25, 0.3) is 11.1 Å². The number of carbonyl (C=O) groups excluding carboxylic acids is 2. The molecule has 2 N–H and O–H groups in total. The number of urea groups is 1. The van der Waals surface area contributed by atoms with Gasteiger partial charge in [0.2, 0.25) is 5.91 Å². The molecule has 156 valence electrons. The summed E-state index contributed by atoms with van der Waals surface area (Å²) in [6.45, 7) is 3.56. The number of nitrogens with one attached hydrogen (secondary N) is 2. The van der Waals surface area contributed by atoms with Gasteiger partial charge in [0.05, 0.1) is 5.69 Å². The van der Waals surface area contributed by atoms with Gasteiger partial charge in [-0.15, -0.1) is 0 Å². The lowest BCUT2D eigenvalue weighted by Crippen LogP contribution is -2.29. The molecule has 0 spiro atoms. The van der Waals surface area contributed by atoms with Crippen LogP contribution in [0.15, 0.2) is 41.5 Å². The van der Waals surface area contributed by atoms with Crippen LogP contribution < -0.4 is 5.32 Å². The van der Waals surface area contributed by atoms with Crippen LogP contribution in [0.5, 0.6) is 0 Å². The predicted octanol–water partition coefficient (Wildman–Crippen LogP) is 4.79. The molecule has 2 aromatic carbocycles. The van der Waals surface area contributed by atoms with Crippen molar-refractivity contribution in [1.29, 1.82) is 5.53 Å². The summed E-state index contributed by atoms with van der Waals surface area (Å²) in [4.78, 5) is 26.5. The van der Waals surface area contributed by atoms with Gasteiger partial charge >= 0.3 is 6.03 Å². The van der Waals surface area contributed by atoms with Crippen molar-refractivity contribution in [2.75, 3.05) is 25.5 Å². The fourth-order valence-corrected chi connectivity index (χ4v) is 3.90. The van der Waals surface area contributed by atoms with Crippen molar-refractivity contribution in [2.45, 2.75) is 32.7 Å². The highest BCUT2D eigenvalue weighted by Gasteiger charge is 2.32. The third-order valence-electron chi connectivity index (χ3n) is 5.92. The summed E-state index contributed by atoms with van der Waals surface area (Å²) < 4.78 is 0. The molecule has 1 heterocycles. The van der Waals surface area contributed by atoms with E-state index in [9.17, 15) is 9.59 Å². The van der Waals surface area contributed by atoms with E-state index in [0.29, 0.717) is 12.2 Å². The van der Waals surface area contributed by atoms with E-state index in [1.54, 1.807) is 4.90 Å². The lowest BCUT2D eigenvalue weighted by atomic mass is 9.95. The molecule has 1 saturated heterocycles. The largest absolute Gasteiger partial charge is 0.383 e. The van der Waals surface area contributed by atoms with Crippen LogP contribution in [0.2, 0.25) is 0 Å². The maximum absolute atomic E-state index is 12.1. The molecule has 1 saturated carbocycles. The van der Waals surface area contributed by atoms with Crippen LogP contribution in [0.4, 0.5) is 16.2 Å². The Hall–Kier alpha value is -3.22. The first-order chi connectivity index (χ1) is 14.5. The summed E-state index contributed by atoms with van der Waals surface area (Å²) in [6.07, 6.45) is 3.34. The number of anilines is 1. The molecule has 0 aromatic heterocycles. The number of nitrogens with zero attached hydrogens (tertiary/aromatic N) is 3. The molecule has 4 rings (SSSR count). The summed E-state index contributed by atoms with van der Waals surface area (Å²) in [6, 6.07) is 11.9. The van der Waals surface area contributed by atoms with E-state index >= 15 is 0 Å². The SMILES string of the molecule is CCc1c(-c2ccc(CN3CC(=O)N(C)C3=O)cc2)ccc(NCC2CC2)c1N=N. The van der Waals surface area contributed by atoms with Gasteiger partial charge in [-0.05, 0) is 53.5 Å². The summed E-state index contributed by atoms with van der Waals surface area (Å²) in [5.41, 5.74) is 13.5. The molecule has 0 unspecified atom stereocenters. The summed E-state index contributed by atoms with van der Waals surface area (Å²) in [7, 11) is 1.51. The van der Waals surface area contributed by atoms with E-state index in [1.165, 1.54) is 19.9 Å². The average molecular weight is 406 g/mol. The molecule has 0 radical (unpaired) electrons. The van der Waals surface area contributed by atoms with Gasteiger partial charge in [0, 0.05) is 20.1 Å². The molecular formula is C23H27N5O2.